The molecule has 2 aliphatic heterocycles. The first-order chi connectivity index (χ1) is 16.3. The third-order valence-corrected chi connectivity index (χ3v) is 8.02. The summed E-state index contributed by atoms with van der Waals surface area (Å²) in [5, 5.41) is 20.9. The van der Waals surface area contributed by atoms with Crippen LogP contribution in [0.4, 0.5) is 5.69 Å². The van der Waals surface area contributed by atoms with Gasteiger partial charge in [0.05, 0.1) is 23.1 Å². The summed E-state index contributed by atoms with van der Waals surface area (Å²) < 4.78 is 0. The SMILES string of the molecule is CN1C(=N)NC(C)(c2ccc(-c3cccc(C#N)c3)s2)C(c2ccc(N3CCC3=O)cc2)C1=O. The van der Waals surface area contributed by atoms with Crippen molar-refractivity contribution in [3.8, 4) is 16.5 Å². The Balaban J connectivity index is 1.54. The van der Waals surface area contributed by atoms with Crippen molar-refractivity contribution in [3.63, 3.8) is 0 Å². The quantitative estimate of drug-likeness (QED) is 0.564. The van der Waals surface area contributed by atoms with Crippen LogP contribution in [0.3, 0.4) is 0 Å². The number of nitrogens with one attached hydrogen (secondary N) is 2. The Hall–Kier alpha value is -3.96. The smallest absolute Gasteiger partial charge is 0.239 e. The maximum Gasteiger partial charge on any atom is 0.239 e. The molecule has 5 rings (SSSR count). The lowest BCUT2D eigenvalue weighted by atomic mass is 9.77. The summed E-state index contributed by atoms with van der Waals surface area (Å²) in [6, 6.07) is 21.1. The van der Waals surface area contributed by atoms with Crippen LogP contribution >= 0.6 is 11.3 Å². The molecule has 8 heteroatoms. The van der Waals surface area contributed by atoms with Crippen molar-refractivity contribution in [2.45, 2.75) is 24.8 Å². The van der Waals surface area contributed by atoms with E-state index in [2.05, 4.69) is 11.4 Å². The van der Waals surface area contributed by atoms with Crippen molar-refractivity contribution in [1.29, 1.82) is 10.7 Å². The second-order valence-electron chi connectivity index (χ2n) is 8.75. The van der Waals surface area contributed by atoms with Gasteiger partial charge in [0.25, 0.3) is 0 Å². The molecule has 34 heavy (non-hydrogen) atoms. The number of hydrogen-bond donors (Lipinski definition) is 2. The molecule has 3 heterocycles. The number of benzene rings is 2. The van der Waals surface area contributed by atoms with Crippen LogP contribution in [0.5, 0.6) is 0 Å². The molecule has 2 saturated heterocycles. The molecule has 2 aromatic carbocycles. The summed E-state index contributed by atoms with van der Waals surface area (Å²) in [6.07, 6.45) is 0.565. The van der Waals surface area contributed by atoms with E-state index in [0.717, 1.165) is 26.6 Å². The summed E-state index contributed by atoms with van der Waals surface area (Å²) in [5.41, 5.74) is 2.33. The van der Waals surface area contributed by atoms with Crippen LogP contribution in [0.25, 0.3) is 10.4 Å². The third kappa shape index (κ3) is 3.45. The minimum Gasteiger partial charge on any atom is -0.345 e. The number of carbonyl (C=O) groups excluding carboxylic acids is 2. The van der Waals surface area contributed by atoms with Gasteiger partial charge in [-0.05, 0) is 54.4 Å². The maximum absolute atomic E-state index is 13.5. The van der Waals surface area contributed by atoms with E-state index < -0.39 is 11.5 Å². The van der Waals surface area contributed by atoms with Crippen LogP contribution in [-0.4, -0.2) is 36.3 Å². The minimum atomic E-state index is -0.843. The third-order valence-electron chi connectivity index (χ3n) is 6.65. The van der Waals surface area contributed by atoms with Crippen molar-refractivity contribution >= 4 is 34.8 Å². The van der Waals surface area contributed by atoms with E-state index >= 15 is 0 Å². The number of rotatable bonds is 4. The molecule has 0 radical (unpaired) electrons. The number of nitrogens with zero attached hydrogens (tertiary/aromatic N) is 3. The van der Waals surface area contributed by atoms with Gasteiger partial charge in [0.2, 0.25) is 11.8 Å². The van der Waals surface area contributed by atoms with Gasteiger partial charge in [-0.3, -0.25) is 19.9 Å². The molecular formula is C26H23N5O2S. The summed E-state index contributed by atoms with van der Waals surface area (Å²) >= 11 is 1.54. The Kier molecular flexibility index (Phi) is 5.22. The van der Waals surface area contributed by atoms with Crippen molar-refractivity contribution in [3.05, 3.63) is 76.7 Å². The summed E-state index contributed by atoms with van der Waals surface area (Å²) in [5.74, 6) is -0.578. The zero-order valence-corrected chi connectivity index (χ0v) is 19.6. The number of hydrogen-bond acceptors (Lipinski definition) is 5. The van der Waals surface area contributed by atoms with Crippen LogP contribution in [0.2, 0.25) is 0 Å². The monoisotopic (exact) mass is 469 g/mol. The number of guanidine groups is 1. The number of amides is 2. The topological polar surface area (TPSA) is 100 Å². The van der Waals surface area contributed by atoms with Gasteiger partial charge in [-0.2, -0.15) is 5.26 Å². The Morgan fingerprint density at radius 1 is 1.15 bits per heavy atom. The molecule has 0 aliphatic carbocycles. The van der Waals surface area contributed by atoms with Crippen LogP contribution < -0.4 is 10.2 Å². The predicted octanol–water partition coefficient (Wildman–Crippen LogP) is 4.02. The molecule has 2 N–H and O–H groups in total. The van der Waals surface area contributed by atoms with E-state index in [1.165, 1.54) is 4.90 Å². The van der Waals surface area contributed by atoms with Crippen LogP contribution in [-0.2, 0) is 15.1 Å². The average molecular weight is 470 g/mol. The molecule has 2 fully saturated rings. The number of thiophene rings is 1. The van der Waals surface area contributed by atoms with Crippen LogP contribution in [0.15, 0.2) is 60.7 Å². The first-order valence-electron chi connectivity index (χ1n) is 11.0. The van der Waals surface area contributed by atoms with E-state index in [1.54, 1.807) is 29.4 Å². The van der Waals surface area contributed by atoms with Gasteiger partial charge in [-0.15, -0.1) is 11.3 Å². The second kappa shape index (κ2) is 8.12. The van der Waals surface area contributed by atoms with E-state index in [4.69, 9.17) is 5.41 Å². The normalized spacial score (nSPS) is 22.3. The molecular weight excluding hydrogens is 446 g/mol. The first-order valence-corrected chi connectivity index (χ1v) is 11.8. The summed E-state index contributed by atoms with van der Waals surface area (Å²) in [4.78, 5) is 30.3. The minimum absolute atomic E-state index is 0.0490. The predicted molar refractivity (Wildman–Crippen MR) is 132 cm³/mol. The summed E-state index contributed by atoms with van der Waals surface area (Å²) in [7, 11) is 1.60. The molecule has 2 amide bonds. The Morgan fingerprint density at radius 2 is 1.91 bits per heavy atom. The molecule has 2 atom stereocenters. The van der Waals surface area contributed by atoms with Crippen LogP contribution in [0, 0.1) is 16.7 Å². The molecule has 1 aromatic heterocycles. The zero-order chi connectivity index (χ0) is 24.0. The molecule has 0 bridgehead atoms. The van der Waals surface area contributed by atoms with Gasteiger partial charge >= 0.3 is 0 Å². The fourth-order valence-electron chi connectivity index (χ4n) is 4.58. The van der Waals surface area contributed by atoms with Gasteiger partial charge in [-0.25, -0.2) is 0 Å². The Morgan fingerprint density at radius 3 is 2.56 bits per heavy atom. The molecule has 0 saturated carbocycles. The second-order valence-corrected chi connectivity index (χ2v) is 9.83. The number of likely N-dealkylation sites (N-methyl/N-ethyl adjacent to an activating group) is 1. The highest BCUT2D eigenvalue weighted by Crippen LogP contribution is 2.45. The highest BCUT2D eigenvalue weighted by Gasteiger charge is 2.49. The standard InChI is InChI=1S/C26H23N5O2S/c1-26(21-11-10-20(34-21)18-5-3-4-16(14-18)15-27)23(24(33)30(2)25(28)29-26)17-6-8-19(9-7-17)31-13-12-22(31)32/h3-11,14,23H,12-13H2,1-2H3,(H2,28,29). The number of anilines is 1. The molecule has 7 nitrogen and oxygen atoms in total. The van der Waals surface area contributed by atoms with Gasteiger partial charge in [0.1, 0.15) is 0 Å². The number of nitriles is 1. The lowest BCUT2D eigenvalue weighted by Gasteiger charge is -2.45. The lowest BCUT2D eigenvalue weighted by Crippen LogP contribution is -2.62. The van der Waals surface area contributed by atoms with Gasteiger partial charge in [0, 0.05) is 35.5 Å². The Bertz CT molecular complexity index is 1360. The fourth-order valence-corrected chi connectivity index (χ4v) is 5.72. The van der Waals surface area contributed by atoms with Gasteiger partial charge in [0.15, 0.2) is 5.96 Å². The van der Waals surface area contributed by atoms with Crippen molar-refractivity contribution in [1.82, 2.24) is 10.2 Å². The average Bonchev–Trinajstić information content (AvgIpc) is 3.34. The molecule has 3 aromatic rings. The van der Waals surface area contributed by atoms with Crippen LogP contribution in [0.1, 0.15) is 35.3 Å². The molecule has 170 valence electrons. The van der Waals surface area contributed by atoms with E-state index in [-0.39, 0.29) is 17.8 Å². The highest BCUT2D eigenvalue weighted by molar-refractivity contribution is 7.15. The Labute approximate surface area is 201 Å². The lowest BCUT2D eigenvalue weighted by molar-refractivity contribution is -0.131. The molecule has 0 spiro atoms. The molecule has 2 aliphatic rings. The van der Waals surface area contributed by atoms with E-state index in [9.17, 15) is 14.9 Å². The van der Waals surface area contributed by atoms with Gasteiger partial charge < -0.3 is 10.2 Å². The number of carbonyl (C=O) groups is 2. The molecule has 2 unspecified atom stereocenters. The van der Waals surface area contributed by atoms with Crippen molar-refractivity contribution < 1.29 is 9.59 Å². The first kappa shape index (κ1) is 21.9. The fraction of sp³-hybridized carbons (Fsp3) is 0.231. The summed E-state index contributed by atoms with van der Waals surface area (Å²) in [6.45, 7) is 2.66. The largest absolute Gasteiger partial charge is 0.345 e. The van der Waals surface area contributed by atoms with E-state index in [1.807, 2.05) is 61.5 Å². The van der Waals surface area contributed by atoms with Crippen molar-refractivity contribution in [2.24, 2.45) is 0 Å². The highest BCUT2D eigenvalue weighted by atomic mass is 32.1. The zero-order valence-electron chi connectivity index (χ0n) is 18.8. The van der Waals surface area contributed by atoms with Gasteiger partial charge in [-0.1, -0.05) is 24.3 Å². The van der Waals surface area contributed by atoms with Crippen molar-refractivity contribution in [2.75, 3.05) is 18.5 Å². The number of β-lactam (4-membered cyclic amide) rings is 1. The van der Waals surface area contributed by atoms with E-state index in [0.29, 0.717) is 18.5 Å². The maximum atomic E-state index is 13.5.